The van der Waals surface area contributed by atoms with E-state index >= 15 is 0 Å². The highest BCUT2D eigenvalue weighted by Gasteiger charge is 2.16. The van der Waals surface area contributed by atoms with Crippen LogP contribution in [0.25, 0.3) is 0 Å². The Balaban J connectivity index is 1.73. The zero-order chi connectivity index (χ0) is 16.9. The van der Waals surface area contributed by atoms with Crippen molar-refractivity contribution >= 4 is 40.7 Å². The van der Waals surface area contributed by atoms with Crippen molar-refractivity contribution in [2.75, 3.05) is 7.11 Å². The molecular weight excluding hydrogens is 364 g/mol. The molecule has 0 aliphatic carbocycles. The fourth-order valence-corrected chi connectivity index (χ4v) is 3.96. The summed E-state index contributed by atoms with van der Waals surface area (Å²) in [6.07, 6.45) is 0. The average Bonchev–Trinajstić information content (AvgIpc) is 3.06. The van der Waals surface area contributed by atoms with Crippen molar-refractivity contribution in [3.05, 3.63) is 69.9 Å². The summed E-state index contributed by atoms with van der Waals surface area (Å²) < 4.78 is 10.5. The fraction of sp³-hybridized carbons (Fsp3) is 0.0556. The Kier molecular flexibility index (Phi) is 5.45. The smallest absolute Gasteiger partial charge is 0.345 e. The summed E-state index contributed by atoms with van der Waals surface area (Å²) in [6.45, 7) is 0. The number of hydrogen-bond donors (Lipinski definition) is 0. The maximum Gasteiger partial charge on any atom is 0.345 e. The van der Waals surface area contributed by atoms with Crippen LogP contribution in [-0.2, 0) is 0 Å². The van der Waals surface area contributed by atoms with Crippen LogP contribution in [0.3, 0.4) is 0 Å². The van der Waals surface area contributed by atoms with Crippen LogP contribution in [0.15, 0.2) is 69.1 Å². The Morgan fingerprint density at radius 2 is 1.67 bits per heavy atom. The van der Waals surface area contributed by atoms with Crippen LogP contribution in [-0.4, -0.2) is 13.1 Å². The van der Waals surface area contributed by atoms with Gasteiger partial charge in [0.2, 0.25) is 0 Å². The molecule has 0 spiro atoms. The first-order chi connectivity index (χ1) is 11.7. The molecular formula is C18H13ClO3S2. The zero-order valence-electron chi connectivity index (χ0n) is 12.7. The Bertz CT molecular complexity index is 826. The van der Waals surface area contributed by atoms with Crippen LogP contribution in [0.2, 0.25) is 5.02 Å². The predicted molar refractivity (Wildman–Crippen MR) is 97.8 cm³/mol. The number of carbonyl (C=O) groups is 1. The molecule has 0 saturated carbocycles. The summed E-state index contributed by atoms with van der Waals surface area (Å²) in [7, 11) is 1.59. The largest absolute Gasteiger partial charge is 0.497 e. The minimum absolute atomic E-state index is 0.377. The van der Waals surface area contributed by atoms with Gasteiger partial charge in [-0.1, -0.05) is 23.4 Å². The first-order valence-corrected chi connectivity index (χ1v) is 9.15. The molecule has 6 heteroatoms. The summed E-state index contributed by atoms with van der Waals surface area (Å²) >= 11 is 8.87. The number of rotatable bonds is 5. The van der Waals surface area contributed by atoms with Gasteiger partial charge >= 0.3 is 5.97 Å². The number of halogens is 1. The van der Waals surface area contributed by atoms with E-state index in [0.717, 1.165) is 9.79 Å². The third-order valence-corrected chi connectivity index (χ3v) is 5.37. The van der Waals surface area contributed by atoms with Gasteiger partial charge in [0.25, 0.3) is 0 Å². The molecule has 0 atom stereocenters. The monoisotopic (exact) mass is 376 g/mol. The summed E-state index contributed by atoms with van der Waals surface area (Å²) in [5.74, 6) is 0.816. The van der Waals surface area contributed by atoms with Gasteiger partial charge in [-0.2, -0.15) is 11.3 Å². The van der Waals surface area contributed by atoms with Gasteiger partial charge in [-0.05, 0) is 48.5 Å². The topological polar surface area (TPSA) is 35.5 Å². The summed E-state index contributed by atoms with van der Waals surface area (Å²) in [5, 5.41) is 4.41. The number of benzene rings is 2. The van der Waals surface area contributed by atoms with Gasteiger partial charge in [-0.3, -0.25) is 0 Å². The molecule has 24 heavy (non-hydrogen) atoms. The number of esters is 1. The van der Waals surface area contributed by atoms with Gasteiger partial charge < -0.3 is 9.47 Å². The van der Waals surface area contributed by atoms with E-state index in [2.05, 4.69) is 0 Å². The van der Waals surface area contributed by atoms with Crippen molar-refractivity contribution < 1.29 is 14.3 Å². The minimum Gasteiger partial charge on any atom is -0.497 e. The van der Waals surface area contributed by atoms with Gasteiger partial charge in [-0.15, -0.1) is 0 Å². The molecule has 1 heterocycles. The average molecular weight is 377 g/mol. The second-order valence-corrected chi connectivity index (χ2v) is 7.07. The highest BCUT2D eigenvalue weighted by molar-refractivity contribution is 7.99. The Morgan fingerprint density at radius 1 is 1.00 bits per heavy atom. The van der Waals surface area contributed by atoms with E-state index in [1.54, 1.807) is 36.8 Å². The van der Waals surface area contributed by atoms with Gasteiger partial charge in [0.1, 0.15) is 11.5 Å². The molecule has 3 aromatic rings. The van der Waals surface area contributed by atoms with E-state index in [1.165, 1.54) is 23.1 Å². The van der Waals surface area contributed by atoms with Crippen molar-refractivity contribution in [2.45, 2.75) is 9.79 Å². The second-order valence-electron chi connectivity index (χ2n) is 4.77. The minimum atomic E-state index is -0.377. The Labute approximate surface area is 153 Å². The standard InChI is InChI=1S/C18H13ClO3S2/c1-21-13-4-6-14(7-5-13)22-18(20)16-10-23-11-17(16)24-15-8-2-12(19)3-9-15/h2-11H,1H3. The lowest BCUT2D eigenvalue weighted by Crippen LogP contribution is -2.08. The highest BCUT2D eigenvalue weighted by atomic mass is 35.5. The lowest BCUT2D eigenvalue weighted by atomic mass is 10.3. The number of thiophene rings is 1. The molecule has 0 saturated heterocycles. The third kappa shape index (κ3) is 4.12. The van der Waals surface area contributed by atoms with E-state index in [0.29, 0.717) is 22.1 Å². The van der Waals surface area contributed by atoms with E-state index < -0.39 is 0 Å². The number of hydrogen-bond acceptors (Lipinski definition) is 5. The van der Waals surface area contributed by atoms with Crippen molar-refractivity contribution in [2.24, 2.45) is 0 Å². The molecule has 0 fully saturated rings. The molecule has 0 N–H and O–H groups in total. The molecule has 1 aromatic heterocycles. The quantitative estimate of drug-likeness (QED) is 0.417. The molecule has 3 nitrogen and oxygen atoms in total. The molecule has 2 aromatic carbocycles. The maximum atomic E-state index is 12.4. The van der Waals surface area contributed by atoms with Gasteiger partial charge in [0.05, 0.1) is 12.7 Å². The summed E-state index contributed by atoms with van der Waals surface area (Å²) in [4.78, 5) is 14.3. The number of methoxy groups -OCH3 is 1. The van der Waals surface area contributed by atoms with Gasteiger partial charge in [0.15, 0.2) is 0 Å². The van der Waals surface area contributed by atoms with Crippen LogP contribution in [0.1, 0.15) is 10.4 Å². The molecule has 0 amide bonds. The molecule has 0 radical (unpaired) electrons. The molecule has 0 aliphatic heterocycles. The Hall–Kier alpha value is -1.95. The van der Waals surface area contributed by atoms with Crippen LogP contribution in [0.4, 0.5) is 0 Å². The second kappa shape index (κ2) is 7.75. The molecule has 0 unspecified atom stereocenters. The zero-order valence-corrected chi connectivity index (χ0v) is 15.1. The van der Waals surface area contributed by atoms with Crippen molar-refractivity contribution in [3.63, 3.8) is 0 Å². The lowest BCUT2D eigenvalue weighted by Gasteiger charge is -2.06. The van der Waals surface area contributed by atoms with Crippen LogP contribution >= 0.6 is 34.7 Å². The summed E-state index contributed by atoms with van der Waals surface area (Å²) in [6, 6.07) is 14.4. The van der Waals surface area contributed by atoms with Crippen LogP contribution in [0.5, 0.6) is 11.5 Å². The highest BCUT2D eigenvalue weighted by Crippen LogP contribution is 2.34. The predicted octanol–water partition coefficient (Wildman–Crippen LogP) is 5.78. The maximum absolute atomic E-state index is 12.4. The molecule has 0 aliphatic rings. The van der Waals surface area contributed by atoms with Crippen LogP contribution < -0.4 is 9.47 Å². The lowest BCUT2D eigenvalue weighted by molar-refractivity contribution is 0.0731. The normalized spacial score (nSPS) is 10.4. The van der Waals surface area contributed by atoms with Gasteiger partial charge in [0, 0.05) is 25.6 Å². The Morgan fingerprint density at radius 3 is 2.33 bits per heavy atom. The third-order valence-electron chi connectivity index (χ3n) is 3.16. The first kappa shape index (κ1) is 16.9. The number of ether oxygens (including phenoxy) is 2. The van der Waals surface area contributed by atoms with Gasteiger partial charge in [-0.25, -0.2) is 4.79 Å². The van der Waals surface area contributed by atoms with E-state index in [-0.39, 0.29) is 5.97 Å². The summed E-state index contributed by atoms with van der Waals surface area (Å²) in [5.41, 5.74) is 0.552. The van der Waals surface area contributed by atoms with E-state index in [4.69, 9.17) is 21.1 Å². The van der Waals surface area contributed by atoms with Crippen LogP contribution in [0, 0.1) is 0 Å². The molecule has 122 valence electrons. The van der Waals surface area contributed by atoms with Crippen molar-refractivity contribution in [1.82, 2.24) is 0 Å². The van der Waals surface area contributed by atoms with E-state index in [9.17, 15) is 4.79 Å². The van der Waals surface area contributed by atoms with E-state index in [1.807, 2.05) is 29.6 Å². The van der Waals surface area contributed by atoms with Crippen molar-refractivity contribution in [1.29, 1.82) is 0 Å². The molecule has 0 bridgehead atoms. The number of carbonyl (C=O) groups excluding carboxylic acids is 1. The van der Waals surface area contributed by atoms with Crippen molar-refractivity contribution in [3.8, 4) is 11.5 Å². The fourth-order valence-electron chi connectivity index (χ4n) is 1.95. The molecule has 3 rings (SSSR count). The first-order valence-electron chi connectivity index (χ1n) is 7.01. The SMILES string of the molecule is COc1ccc(OC(=O)c2cscc2Sc2ccc(Cl)cc2)cc1.